The molecule has 3 saturated carbocycles. The van der Waals surface area contributed by atoms with Crippen molar-refractivity contribution in [1.82, 2.24) is 0 Å². The summed E-state index contributed by atoms with van der Waals surface area (Å²) in [6, 6.07) is 0.455. The Bertz CT molecular complexity index is 211. The van der Waals surface area contributed by atoms with Crippen molar-refractivity contribution >= 4 is 0 Å². The van der Waals surface area contributed by atoms with Crippen molar-refractivity contribution in [3.05, 3.63) is 0 Å². The first-order valence-corrected chi connectivity index (χ1v) is 6.01. The van der Waals surface area contributed by atoms with Gasteiger partial charge < -0.3 is 5.73 Å². The van der Waals surface area contributed by atoms with Gasteiger partial charge in [0, 0.05) is 6.04 Å². The molecule has 13 heavy (non-hydrogen) atoms. The summed E-state index contributed by atoms with van der Waals surface area (Å²) in [6.07, 6.45) is 7.59. The van der Waals surface area contributed by atoms with Gasteiger partial charge in [-0.2, -0.15) is 0 Å². The van der Waals surface area contributed by atoms with Crippen molar-refractivity contribution in [3.63, 3.8) is 0 Å². The maximum Gasteiger partial charge on any atom is 0.00441 e. The van der Waals surface area contributed by atoms with Crippen molar-refractivity contribution in [3.8, 4) is 0 Å². The maximum atomic E-state index is 6.14. The van der Waals surface area contributed by atoms with Gasteiger partial charge in [-0.15, -0.1) is 0 Å². The average molecular weight is 179 g/mol. The van der Waals surface area contributed by atoms with Crippen LogP contribution in [-0.4, -0.2) is 6.04 Å². The zero-order valence-corrected chi connectivity index (χ0v) is 8.58. The highest BCUT2D eigenvalue weighted by atomic mass is 14.7. The van der Waals surface area contributed by atoms with Crippen molar-refractivity contribution in [2.45, 2.75) is 45.1 Å². The highest BCUT2D eigenvalue weighted by Gasteiger charge is 2.50. The summed E-state index contributed by atoms with van der Waals surface area (Å²) in [7, 11) is 0. The fourth-order valence-corrected chi connectivity index (χ4v) is 4.76. The minimum atomic E-state index is 0.455. The minimum Gasteiger partial charge on any atom is -0.328 e. The molecular weight excluding hydrogens is 158 g/mol. The lowest BCUT2D eigenvalue weighted by Crippen LogP contribution is -2.43. The molecule has 3 bridgehead atoms. The third-order valence-electron chi connectivity index (χ3n) is 5.04. The molecule has 3 fully saturated rings. The molecule has 3 aliphatic carbocycles. The van der Waals surface area contributed by atoms with Crippen molar-refractivity contribution in [2.24, 2.45) is 35.3 Å². The van der Waals surface area contributed by atoms with E-state index in [9.17, 15) is 0 Å². The van der Waals surface area contributed by atoms with Gasteiger partial charge in [0.25, 0.3) is 0 Å². The van der Waals surface area contributed by atoms with Crippen molar-refractivity contribution in [2.75, 3.05) is 0 Å². The van der Waals surface area contributed by atoms with Crippen LogP contribution in [0, 0.1) is 29.6 Å². The lowest BCUT2D eigenvalue weighted by atomic mass is 9.62. The molecule has 74 valence electrons. The summed E-state index contributed by atoms with van der Waals surface area (Å²) in [5, 5.41) is 0. The van der Waals surface area contributed by atoms with Crippen LogP contribution in [0.3, 0.4) is 0 Å². The van der Waals surface area contributed by atoms with Gasteiger partial charge in [-0.25, -0.2) is 0 Å². The molecule has 1 nitrogen and oxygen atoms in total. The summed E-state index contributed by atoms with van der Waals surface area (Å²) in [5.41, 5.74) is 6.14. The Hall–Kier alpha value is -0.0400. The van der Waals surface area contributed by atoms with Crippen LogP contribution in [0.2, 0.25) is 0 Å². The SMILES string of the molecule is C[C@H](N)[C@@H]1[C@H]2CC[C@H]3C[C@@H](C2)C[C@H]31. The summed E-state index contributed by atoms with van der Waals surface area (Å²) in [4.78, 5) is 0. The van der Waals surface area contributed by atoms with E-state index in [1.54, 1.807) is 6.42 Å². The zero-order chi connectivity index (χ0) is 9.00. The molecule has 2 N–H and O–H groups in total. The Kier molecular flexibility index (Phi) is 1.74. The largest absolute Gasteiger partial charge is 0.328 e. The molecule has 0 aromatic heterocycles. The van der Waals surface area contributed by atoms with Crippen LogP contribution in [-0.2, 0) is 0 Å². The number of nitrogens with two attached hydrogens (primary N) is 1. The summed E-state index contributed by atoms with van der Waals surface area (Å²) < 4.78 is 0. The molecule has 1 heteroatoms. The molecule has 6 atom stereocenters. The van der Waals surface area contributed by atoms with Crippen LogP contribution < -0.4 is 5.73 Å². The maximum absolute atomic E-state index is 6.14. The molecule has 3 rings (SSSR count). The Morgan fingerprint density at radius 2 is 1.77 bits per heavy atom. The van der Waals surface area contributed by atoms with Crippen molar-refractivity contribution in [1.29, 1.82) is 0 Å². The predicted molar refractivity (Wildman–Crippen MR) is 54.2 cm³/mol. The Balaban J connectivity index is 1.90. The van der Waals surface area contributed by atoms with E-state index in [1.807, 2.05) is 0 Å². The molecule has 0 spiro atoms. The predicted octanol–water partition coefficient (Wildman–Crippen LogP) is 2.41. The van der Waals surface area contributed by atoms with Gasteiger partial charge in [0.05, 0.1) is 0 Å². The fraction of sp³-hybridized carbons (Fsp3) is 1.00. The van der Waals surface area contributed by atoms with E-state index in [1.165, 1.54) is 25.7 Å². The Morgan fingerprint density at radius 1 is 1.08 bits per heavy atom. The first kappa shape index (κ1) is 8.28. The average Bonchev–Trinajstić information content (AvgIpc) is 2.27. The summed E-state index contributed by atoms with van der Waals surface area (Å²) >= 11 is 0. The summed E-state index contributed by atoms with van der Waals surface area (Å²) in [5.74, 6) is 5.08. The second kappa shape index (κ2) is 2.73. The monoisotopic (exact) mass is 179 g/mol. The molecule has 0 amide bonds. The lowest BCUT2D eigenvalue weighted by molar-refractivity contribution is 0.0663. The van der Waals surface area contributed by atoms with Gasteiger partial charge in [0.15, 0.2) is 0 Å². The topological polar surface area (TPSA) is 26.0 Å². The molecule has 0 unspecified atom stereocenters. The molecule has 0 aromatic carbocycles. The van der Waals surface area contributed by atoms with Gasteiger partial charge in [0.2, 0.25) is 0 Å². The summed E-state index contributed by atoms with van der Waals surface area (Å²) in [6.45, 7) is 2.23. The molecule has 0 heterocycles. The van der Waals surface area contributed by atoms with Crippen LogP contribution in [0.5, 0.6) is 0 Å². The van der Waals surface area contributed by atoms with Crippen molar-refractivity contribution < 1.29 is 0 Å². The van der Waals surface area contributed by atoms with E-state index in [2.05, 4.69) is 6.92 Å². The van der Waals surface area contributed by atoms with E-state index < -0.39 is 0 Å². The Labute approximate surface area is 81.1 Å². The minimum absolute atomic E-state index is 0.455. The second-order valence-corrected chi connectivity index (χ2v) is 5.77. The smallest absolute Gasteiger partial charge is 0.00441 e. The molecule has 0 aliphatic heterocycles. The van der Waals surface area contributed by atoms with Gasteiger partial charge in [-0.1, -0.05) is 0 Å². The second-order valence-electron chi connectivity index (χ2n) is 5.77. The number of fused-ring (bicyclic) bond motifs is 2. The lowest BCUT2D eigenvalue weighted by Gasteiger charge is -2.44. The molecule has 0 radical (unpaired) electrons. The van der Waals surface area contributed by atoms with Crippen LogP contribution in [0.25, 0.3) is 0 Å². The van der Waals surface area contributed by atoms with E-state index in [0.29, 0.717) is 6.04 Å². The van der Waals surface area contributed by atoms with Gasteiger partial charge >= 0.3 is 0 Å². The highest BCUT2D eigenvalue weighted by Crippen LogP contribution is 2.58. The third-order valence-corrected chi connectivity index (χ3v) is 5.04. The Morgan fingerprint density at radius 3 is 2.54 bits per heavy atom. The van der Waals surface area contributed by atoms with E-state index >= 15 is 0 Å². The van der Waals surface area contributed by atoms with Crippen LogP contribution >= 0.6 is 0 Å². The third kappa shape index (κ3) is 1.09. The van der Waals surface area contributed by atoms with Crippen LogP contribution in [0.1, 0.15) is 39.0 Å². The van der Waals surface area contributed by atoms with Gasteiger partial charge in [-0.3, -0.25) is 0 Å². The van der Waals surface area contributed by atoms with Crippen LogP contribution in [0.15, 0.2) is 0 Å². The van der Waals surface area contributed by atoms with Gasteiger partial charge in [-0.05, 0) is 68.6 Å². The van der Waals surface area contributed by atoms with Crippen LogP contribution in [0.4, 0.5) is 0 Å². The number of hydrogen-bond acceptors (Lipinski definition) is 1. The molecule has 0 aromatic rings. The van der Waals surface area contributed by atoms with E-state index in [4.69, 9.17) is 5.73 Å². The van der Waals surface area contributed by atoms with E-state index in [-0.39, 0.29) is 0 Å². The zero-order valence-electron chi connectivity index (χ0n) is 8.58. The fourth-order valence-electron chi connectivity index (χ4n) is 4.76. The number of rotatable bonds is 1. The molecule has 0 saturated heterocycles. The normalized spacial score (nSPS) is 55.4. The molecular formula is C12H21N. The standard InChI is InChI=1S/C12H21N/c1-7(13)12-10-3-2-9-4-8(5-10)6-11(9)12/h7-12H,2-6,13H2,1H3/t7-,8-,9-,10-,11+,12+/m0/s1. The molecule has 3 aliphatic rings. The highest BCUT2D eigenvalue weighted by molar-refractivity contribution is 5.01. The quantitative estimate of drug-likeness (QED) is 0.657. The van der Waals surface area contributed by atoms with E-state index in [0.717, 1.165) is 29.6 Å². The number of hydrogen-bond donors (Lipinski definition) is 1. The first-order chi connectivity index (χ1) is 6.25. The first-order valence-electron chi connectivity index (χ1n) is 6.01. The van der Waals surface area contributed by atoms with Gasteiger partial charge in [0.1, 0.15) is 0 Å².